The molecule has 0 spiro atoms. The van der Waals surface area contributed by atoms with Gasteiger partial charge < -0.3 is 48.8 Å². The van der Waals surface area contributed by atoms with Gasteiger partial charge in [0.05, 0.1) is 43.6 Å². The summed E-state index contributed by atoms with van der Waals surface area (Å²) in [5.74, 6) is -0.955. The van der Waals surface area contributed by atoms with Crippen molar-refractivity contribution in [2.24, 2.45) is 11.8 Å². The van der Waals surface area contributed by atoms with Crippen LogP contribution in [-0.2, 0) is 53.9 Å². The number of aromatic nitrogens is 8. The van der Waals surface area contributed by atoms with Crippen LogP contribution in [-0.4, -0.2) is 108 Å². The van der Waals surface area contributed by atoms with E-state index in [1.807, 2.05) is 4.57 Å². The van der Waals surface area contributed by atoms with Crippen LogP contribution in [0.5, 0.6) is 0 Å². The van der Waals surface area contributed by atoms with Crippen molar-refractivity contribution in [3.63, 3.8) is 0 Å². The van der Waals surface area contributed by atoms with Crippen LogP contribution in [0, 0.1) is 11.8 Å². The lowest BCUT2D eigenvalue weighted by atomic mass is 10.0. The predicted octanol–water partition coefficient (Wildman–Crippen LogP) is 1.91. The number of phosphoric acid groups is 1. The molecule has 4 aliphatic rings. The fourth-order valence-electron chi connectivity index (χ4n) is 7.77. The van der Waals surface area contributed by atoms with Gasteiger partial charge in [-0.3, -0.25) is 23.4 Å². The first-order valence-corrected chi connectivity index (χ1v) is 24.1. The third kappa shape index (κ3) is 6.17. The van der Waals surface area contributed by atoms with Gasteiger partial charge in [-0.05, 0) is 42.3 Å². The number of nitrogen functional groups attached to an aromatic ring is 2. The lowest BCUT2D eigenvalue weighted by Gasteiger charge is -2.43. The van der Waals surface area contributed by atoms with Crippen LogP contribution in [0.25, 0.3) is 22.3 Å². The second kappa shape index (κ2) is 12.9. The minimum Gasteiger partial charge on any atom is -0.409 e. The second-order valence-corrected chi connectivity index (χ2v) is 24.5. The second-order valence-electron chi connectivity index (χ2n) is 15.5. The summed E-state index contributed by atoms with van der Waals surface area (Å²) in [6, 6.07) is 0. The van der Waals surface area contributed by atoms with E-state index < -0.39 is 76.6 Å². The molecule has 0 radical (unpaired) electrons. The van der Waals surface area contributed by atoms with Crippen LogP contribution in [0.3, 0.4) is 0 Å². The summed E-state index contributed by atoms with van der Waals surface area (Å²) in [6.45, 7) is 5.59. The summed E-state index contributed by atoms with van der Waals surface area (Å²) in [5.41, 5.74) is 11.4. The molecule has 2 aliphatic heterocycles. The van der Waals surface area contributed by atoms with Gasteiger partial charge in [0.25, 0.3) is 5.56 Å². The fraction of sp³-hybridized carbons (Fsp3) is 0.655. The number of nitrogens with zero attached hydrogens (tertiary/aromatic N) is 7. The Hall–Kier alpha value is -2.76. The van der Waals surface area contributed by atoms with Crippen molar-refractivity contribution in [1.82, 2.24) is 39.0 Å². The molecular formula is C29H42N10O11P2SSi. The highest BCUT2D eigenvalue weighted by Crippen LogP contribution is 2.69. The summed E-state index contributed by atoms with van der Waals surface area (Å²) in [4.78, 5) is 59.5. The van der Waals surface area contributed by atoms with Crippen LogP contribution >= 0.6 is 14.5 Å². The summed E-state index contributed by atoms with van der Waals surface area (Å²) in [6.07, 6.45) is -1.75. The normalized spacial score (nSPS) is 37.4. The minimum absolute atomic E-state index is 0.0161. The summed E-state index contributed by atoms with van der Waals surface area (Å²) in [5, 5.41) is -0.248. The molecule has 6 heterocycles. The monoisotopic (exact) mass is 828 g/mol. The lowest BCUT2D eigenvalue weighted by Crippen LogP contribution is -2.52. The van der Waals surface area contributed by atoms with Crippen molar-refractivity contribution in [2.75, 3.05) is 31.8 Å². The molecule has 54 heavy (non-hydrogen) atoms. The Bertz CT molecular complexity index is 2290. The molecule has 2 bridgehead atoms. The number of nitrogens with one attached hydrogen (secondary N) is 1. The van der Waals surface area contributed by atoms with Crippen LogP contribution in [0.2, 0.25) is 18.1 Å². The summed E-state index contributed by atoms with van der Waals surface area (Å²) in [7, 11) is -6.20. The van der Waals surface area contributed by atoms with Gasteiger partial charge in [-0.2, -0.15) is 4.98 Å². The topological polar surface area (TPSA) is 281 Å². The van der Waals surface area contributed by atoms with Gasteiger partial charge in [0.15, 0.2) is 37.2 Å². The average Bonchev–Trinajstić information content (AvgIpc) is 3.38. The van der Waals surface area contributed by atoms with E-state index in [4.69, 9.17) is 55.3 Å². The van der Waals surface area contributed by atoms with E-state index in [1.165, 1.54) is 24.3 Å². The Kier molecular flexibility index (Phi) is 9.09. The Morgan fingerprint density at radius 2 is 1.80 bits per heavy atom. The Labute approximate surface area is 314 Å². The lowest BCUT2D eigenvalue weighted by molar-refractivity contribution is -0.0603. The quantitative estimate of drug-likeness (QED) is 0.142. The molecule has 7 N–H and O–H groups in total. The molecule has 2 saturated carbocycles. The van der Waals surface area contributed by atoms with Gasteiger partial charge in [0, 0.05) is 13.0 Å². The summed E-state index contributed by atoms with van der Waals surface area (Å²) < 4.78 is 60.4. The van der Waals surface area contributed by atoms with Crippen LogP contribution < -0.4 is 17.0 Å². The van der Waals surface area contributed by atoms with E-state index in [0.29, 0.717) is 17.6 Å². The fourth-order valence-corrected chi connectivity index (χ4v) is 11.5. The highest BCUT2D eigenvalue weighted by atomic mass is 32.5. The first-order chi connectivity index (χ1) is 25.3. The van der Waals surface area contributed by atoms with Crippen molar-refractivity contribution < 1.29 is 46.3 Å². The standard InChI is InChI=1S/C29H42N10O11P2SSi/c1-28(2,3)54(5,6)50-21-18-13(14-7-29(14,21)39-12-35-16-22(30)32-10-33-23(16)39)8-45-51(41,42)48-20-19(44-4)15(9-46-52(43,53)49-18)47-26(20)38-11-34-17-24(38)36-27(31)37-25(17)40/h10-15,18-21,26H,7-9H2,1-6H3,(H,41,42)(H,43,53)(H2,30,32,33)(H3,31,36,37,40)/t13-,14-,15+,18+,19+,20+,21?,26+,29+,52?/m0/s1. The first kappa shape index (κ1) is 38.1. The molecule has 2 aliphatic carbocycles. The molecule has 4 aromatic rings. The highest BCUT2D eigenvalue weighted by Gasteiger charge is 2.75. The molecule has 4 aromatic heterocycles. The number of hydrogen-bond donors (Lipinski definition) is 5. The van der Waals surface area contributed by atoms with E-state index in [9.17, 15) is 19.1 Å². The largest absolute Gasteiger partial charge is 0.472 e. The van der Waals surface area contributed by atoms with E-state index in [2.05, 4.69) is 63.8 Å². The Morgan fingerprint density at radius 1 is 1.06 bits per heavy atom. The molecule has 25 heteroatoms. The number of nitrogens with two attached hydrogens (primary N) is 2. The van der Waals surface area contributed by atoms with Crippen LogP contribution in [0.1, 0.15) is 33.4 Å². The molecule has 294 valence electrons. The molecule has 0 amide bonds. The average molecular weight is 829 g/mol. The highest BCUT2D eigenvalue weighted by molar-refractivity contribution is 8.07. The Morgan fingerprint density at radius 3 is 2.52 bits per heavy atom. The maximum Gasteiger partial charge on any atom is 0.472 e. The van der Waals surface area contributed by atoms with Gasteiger partial charge >= 0.3 is 14.5 Å². The number of ether oxygens (including phenoxy) is 2. The van der Waals surface area contributed by atoms with Crippen molar-refractivity contribution in [2.45, 2.75) is 87.6 Å². The van der Waals surface area contributed by atoms with E-state index >= 15 is 0 Å². The molecule has 11 atom stereocenters. The van der Waals surface area contributed by atoms with E-state index in [1.54, 1.807) is 6.33 Å². The number of fused-ring (bicyclic) bond motifs is 7. The van der Waals surface area contributed by atoms with Gasteiger partial charge in [-0.25, -0.2) is 24.5 Å². The van der Waals surface area contributed by atoms with Crippen molar-refractivity contribution in [3.8, 4) is 0 Å². The van der Waals surface area contributed by atoms with Gasteiger partial charge in [0.1, 0.15) is 30.2 Å². The van der Waals surface area contributed by atoms with Crippen molar-refractivity contribution in [1.29, 1.82) is 0 Å². The summed E-state index contributed by atoms with van der Waals surface area (Å²) >= 11 is 5.64. The number of aromatic amines is 1. The molecule has 3 unspecified atom stereocenters. The molecule has 8 rings (SSSR count). The van der Waals surface area contributed by atoms with E-state index in [0.717, 1.165) is 0 Å². The third-order valence-electron chi connectivity index (χ3n) is 11.4. The van der Waals surface area contributed by atoms with Crippen molar-refractivity contribution in [3.05, 3.63) is 29.3 Å². The SMILES string of the molecule is CO[C@H]1[C@H]2OP(=O)(O)OC[C@@H]3[C@@H](OP(O)(=S)OC[C@H]1O[C@H]2n1cnc2c(=O)[nH]c(N)nc21)C(O[Si](C)(C)C(C)(C)C)[C@@]1(n2cnc4c(N)ncnc42)C[C@@H]31. The van der Waals surface area contributed by atoms with Gasteiger partial charge in [-0.1, -0.05) is 20.8 Å². The number of H-pyrrole nitrogens is 1. The predicted molar refractivity (Wildman–Crippen MR) is 197 cm³/mol. The van der Waals surface area contributed by atoms with E-state index in [-0.39, 0.29) is 47.1 Å². The minimum atomic E-state index is -4.94. The zero-order valence-corrected chi connectivity index (χ0v) is 33.7. The van der Waals surface area contributed by atoms with Gasteiger partial charge in [0.2, 0.25) is 5.95 Å². The van der Waals surface area contributed by atoms with Crippen LogP contribution in [0.15, 0.2) is 23.8 Å². The maximum atomic E-state index is 14.0. The number of imidazole rings is 2. The number of anilines is 2. The maximum absolute atomic E-state index is 14.0. The zero-order chi connectivity index (χ0) is 38.7. The number of hydrogen-bond acceptors (Lipinski definition) is 17. The third-order valence-corrected chi connectivity index (χ3v) is 18.4. The molecule has 2 saturated heterocycles. The Balaban J connectivity index is 1.19. The number of methoxy groups -OCH3 is 1. The number of rotatable bonds is 5. The zero-order valence-electron chi connectivity index (χ0n) is 30.1. The molecule has 0 aromatic carbocycles. The first-order valence-electron chi connectivity index (χ1n) is 17.1. The smallest absolute Gasteiger partial charge is 0.409 e. The van der Waals surface area contributed by atoms with Crippen LogP contribution in [0.4, 0.5) is 11.8 Å². The molecule has 4 fully saturated rings. The molecule has 21 nitrogen and oxygen atoms in total. The number of phosphoric ester groups is 1. The van der Waals surface area contributed by atoms with Gasteiger partial charge in [-0.15, -0.1) is 0 Å². The molecular weight excluding hydrogens is 786 g/mol. The van der Waals surface area contributed by atoms with Crippen molar-refractivity contribution >= 4 is 68.8 Å².